The molecule has 8 nitrogen and oxygen atoms in total. The normalized spacial score (nSPS) is 9.71. The maximum atomic E-state index is 11.1. The molecule has 0 radical (unpaired) electrons. The summed E-state index contributed by atoms with van der Waals surface area (Å²) in [5.74, 6) is 0.242. The Balaban J connectivity index is 2.31. The third-order valence-corrected chi connectivity index (χ3v) is 2.74. The average Bonchev–Trinajstić information content (AvgIpc) is 2.49. The number of hydrogen-bond donors (Lipinski definition) is 2. The van der Waals surface area contributed by atoms with Crippen LogP contribution in [0.4, 0.5) is 23.0 Å². The van der Waals surface area contributed by atoms with Gasteiger partial charge in [0.05, 0.1) is 17.4 Å². The number of nitrogens with zero attached hydrogens (tertiary/aromatic N) is 4. The zero-order chi connectivity index (χ0) is 15.2. The molecule has 0 aliphatic carbocycles. The zero-order valence-corrected chi connectivity index (χ0v) is 11.2. The van der Waals surface area contributed by atoms with E-state index in [4.69, 9.17) is 5.26 Å². The first kappa shape index (κ1) is 14.2. The molecule has 106 valence electrons. The molecule has 2 rings (SSSR count). The van der Waals surface area contributed by atoms with E-state index in [2.05, 4.69) is 26.7 Å². The number of nitrogens with one attached hydrogen (secondary N) is 2. The Morgan fingerprint density at radius 2 is 1.95 bits per heavy atom. The van der Waals surface area contributed by atoms with Gasteiger partial charge in [-0.25, -0.2) is 9.97 Å². The Morgan fingerprint density at radius 3 is 2.52 bits per heavy atom. The van der Waals surface area contributed by atoms with Gasteiger partial charge in [0.1, 0.15) is 6.33 Å². The van der Waals surface area contributed by atoms with Crippen LogP contribution in [0.1, 0.15) is 5.56 Å². The highest BCUT2D eigenvalue weighted by atomic mass is 16.6. The number of aromatic nitrogens is 2. The van der Waals surface area contributed by atoms with Crippen LogP contribution in [-0.4, -0.2) is 21.9 Å². The van der Waals surface area contributed by atoms with Gasteiger partial charge in [-0.1, -0.05) is 12.1 Å². The molecule has 0 aliphatic rings. The van der Waals surface area contributed by atoms with Gasteiger partial charge >= 0.3 is 5.69 Å². The first-order valence-corrected chi connectivity index (χ1v) is 6.05. The molecule has 8 heteroatoms. The quantitative estimate of drug-likeness (QED) is 0.638. The standard InChI is InChI=1S/C13H12N6O2/c1-15-12-11(19(20)21)13(17-8-16-12)18-10-4-2-9(3-5-10)6-7-14/h2-5,8H,6H2,1H3,(H2,15,16,17,18). The smallest absolute Gasteiger partial charge is 0.353 e. The SMILES string of the molecule is CNc1ncnc(Nc2ccc(CC#N)cc2)c1[N+](=O)[O-]. The molecule has 1 aromatic heterocycles. The molecular formula is C13H12N6O2. The first-order valence-electron chi connectivity index (χ1n) is 6.05. The van der Waals surface area contributed by atoms with Gasteiger partial charge in [0.15, 0.2) is 0 Å². The molecule has 2 N–H and O–H groups in total. The maximum absolute atomic E-state index is 11.1. The molecule has 0 aliphatic heterocycles. The second kappa shape index (κ2) is 6.29. The number of nitriles is 1. The van der Waals surface area contributed by atoms with Crippen LogP contribution in [0.25, 0.3) is 0 Å². The molecule has 0 spiro atoms. The molecule has 1 aromatic carbocycles. The van der Waals surface area contributed by atoms with Gasteiger partial charge in [0.2, 0.25) is 11.6 Å². The fourth-order valence-electron chi connectivity index (χ4n) is 1.76. The van der Waals surface area contributed by atoms with Crippen LogP contribution in [0.15, 0.2) is 30.6 Å². The maximum Gasteiger partial charge on any atom is 0.353 e. The molecule has 21 heavy (non-hydrogen) atoms. The lowest BCUT2D eigenvalue weighted by Gasteiger charge is -2.08. The van der Waals surface area contributed by atoms with Crippen LogP contribution in [0.5, 0.6) is 0 Å². The summed E-state index contributed by atoms with van der Waals surface area (Å²) in [4.78, 5) is 18.3. The third kappa shape index (κ3) is 3.22. The fraction of sp³-hybridized carbons (Fsp3) is 0.154. The Labute approximate surface area is 120 Å². The number of benzene rings is 1. The molecule has 0 fully saturated rings. The summed E-state index contributed by atoms with van der Waals surface area (Å²) >= 11 is 0. The second-order valence-electron chi connectivity index (χ2n) is 4.08. The Morgan fingerprint density at radius 1 is 1.29 bits per heavy atom. The van der Waals surface area contributed by atoms with Crippen LogP contribution >= 0.6 is 0 Å². The number of hydrogen-bond acceptors (Lipinski definition) is 7. The number of rotatable bonds is 5. The zero-order valence-electron chi connectivity index (χ0n) is 11.2. The van der Waals surface area contributed by atoms with Crippen LogP contribution in [-0.2, 0) is 6.42 Å². The Bertz CT molecular complexity index is 693. The van der Waals surface area contributed by atoms with Crippen LogP contribution < -0.4 is 10.6 Å². The third-order valence-electron chi connectivity index (χ3n) is 2.74. The van der Waals surface area contributed by atoms with Crippen molar-refractivity contribution in [1.29, 1.82) is 5.26 Å². The van der Waals surface area contributed by atoms with Gasteiger partial charge in [0, 0.05) is 12.7 Å². The van der Waals surface area contributed by atoms with Crippen molar-refractivity contribution in [3.05, 3.63) is 46.3 Å². The van der Waals surface area contributed by atoms with E-state index < -0.39 is 4.92 Å². The molecule has 0 saturated carbocycles. The lowest BCUT2D eigenvalue weighted by atomic mass is 10.1. The minimum absolute atomic E-state index is 0.104. The van der Waals surface area contributed by atoms with Crippen molar-refractivity contribution < 1.29 is 4.92 Å². The molecule has 0 unspecified atom stereocenters. The summed E-state index contributed by atoms with van der Waals surface area (Å²) in [6.45, 7) is 0. The average molecular weight is 284 g/mol. The van der Waals surface area contributed by atoms with Gasteiger partial charge in [-0.05, 0) is 17.7 Å². The summed E-state index contributed by atoms with van der Waals surface area (Å²) in [6.07, 6.45) is 1.56. The van der Waals surface area contributed by atoms with Crippen LogP contribution in [0.2, 0.25) is 0 Å². The summed E-state index contributed by atoms with van der Waals surface area (Å²) in [6, 6.07) is 9.07. The van der Waals surface area contributed by atoms with E-state index in [0.717, 1.165) is 5.56 Å². The van der Waals surface area contributed by atoms with Crippen molar-refractivity contribution in [3.63, 3.8) is 0 Å². The highest BCUT2D eigenvalue weighted by molar-refractivity contribution is 5.73. The van der Waals surface area contributed by atoms with Gasteiger partial charge in [-0.2, -0.15) is 5.26 Å². The molecule has 0 bridgehead atoms. The predicted molar refractivity (Wildman–Crippen MR) is 77.3 cm³/mol. The van der Waals surface area contributed by atoms with Gasteiger partial charge in [-0.3, -0.25) is 10.1 Å². The summed E-state index contributed by atoms with van der Waals surface area (Å²) in [7, 11) is 1.55. The minimum Gasteiger partial charge on any atom is -0.367 e. The summed E-state index contributed by atoms with van der Waals surface area (Å²) in [5, 5.41) is 25.3. The Kier molecular flexibility index (Phi) is 4.26. The molecule has 2 aromatic rings. The predicted octanol–water partition coefficient (Wildman–Crippen LogP) is 2.24. The van der Waals surface area contributed by atoms with E-state index in [1.54, 1.807) is 31.3 Å². The van der Waals surface area contributed by atoms with Gasteiger partial charge in [-0.15, -0.1) is 0 Å². The van der Waals surface area contributed by atoms with Crippen molar-refractivity contribution in [1.82, 2.24) is 9.97 Å². The van der Waals surface area contributed by atoms with Crippen LogP contribution in [0, 0.1) is 21.4 Å². The first-order chi connectivity index (χ1) is 10.2. The van der Waals surface area contributed by atoms with Crippen molar-refractivity contribution >= 4 is 23.0 Å². The molecule has 0 atom stereocenters. The lowest BCUT2D eigenvalue weighted by molar-refractivity contribution is -0.383. The van der Waals surface area contributed by atoms with Crippen LogP contribution in [0.3, 0.4) is 0 Å². The highest BCUT2D eigenvalue weighted by Crippen LogP contribution is 2.30. The van der Waals surface area contributed by atoms with E-state index >= 15 is 0 Å². The largest absolute Gasteiger partial charge is 0.367 e. The lowest BCUT2D eigenvalue weighted by Crippen LogP contribution is -2.05. The van der Waals surface area contributed by atoms with Crippen molar-refractivity contribution in [2.45, 2.75) is 6.42 Å². The van der Waals surface area contributed by atoms with E-state index in [0.29, 0.717) is 12.1 Å². The van der Waals surface area contributed by atoms with Crippen molar-refractivity contribution in [2.24, 2.45) is 0 Å². The summed E-state index contributed by atoms with van der Waals surface area (Å²) in [5.41, 5.74) is 1.29. The monoisotopic (exact) mass is 284 g/mol. The van der Waals surface area contributed by atoms with E-state index in [9.17, 15) is 10.1 Å². The van der Waals surface area contributed by atoms with E-state index in [1.165, 1.54) is 6.33 Å². The summed E-state index contributed by atoms with van der Waals surface area (Å²) < 4.78 is 0. The van der Waals surface area contributed by atoms with Gasteiger partial charge in [0.25, 0.3) is 0 Å². The highest BCUT2D eigenvalue weighted by Gasteiger charge is 2.22. The second-order valence-corrected chi connectivity index (χ2v) is 4.08. The molecule has 0 amide bonds. The molecule has 1 heterocycles. The molecular weight excluding hydrogens is 272 g/mol. The minimum atomic E-state index is -0.543. The van der Waals surface area contributed by atoms with E-state index in [-0.39, 0.29) is 17.3 Å². The fourth-order valence-corrected chi connectivity index (χ4v) is 1.76. The topological polar surface area (TPSA) is 117 Å². The van der Waals surface area contributed by atoms with Crippen molar-refractivity contribution in [3.8, 4) is 6.07 Å². The Hall–Kier alpha value is -3.21. The number of nitro groups is 1. The number of anilines is 3. The molecule has 0 saturated heterocycles. The van der Waals surface area contributed by atoms with Gasteiger partial charge < -0.3 is 10.6 Å². The van der Waals surface area contributed by atoms with Crippen molar-refractivity contribution in [2.75, 3.05) is 17.7 Å². The van der Waals surface area contributed by atoms with E-state index in [1.807, 2.05) is 0 Å².